The predicted molar refractivity (Wildman–Crippen MR) is 120 cm³/mol. The molecule has 160 valence electrons. The number of benzene rings is 2. The normalized spacial score (nSPS) is 17.5. The van der Waals surface area contributed by atoms with Crippen LogP contribution in [-0.2, 0) is 0 Å². The lowest BCUT2D eigenvalue weighted by atomic mass is 9.98. The van der Waals surface area contributed by atoms with Gasteiger partial charge in [0.05, 0.1) is 5.52 Å². The van der Waals surface area contributed by atoms with Crippen LogP contribution in [-0.4, -0.2) is 57.2 Å². The molecule has 3 aromatic rings. The lowest BCUT2D eigenvalue weighted by Crippen LogP contribution is -2.63. The number of nitrogens with one attached hydrogen (secondary N) is 2. The number of nitrogens with two attached hydrogens (primary N) is 1. The van der Waals surface area contributed by atoms with Gasteiger partial charge in [-0.05, 0) is 43.9 Å². The molecule has 1 aliphatic rings. The number of fused-ring (bicyclic) bond motifs is 1. The monoisotopic (exact) mass is 419 g/mol. The molecular weight excluding hydrogens is 392 g/mol. The standard InChI is InChI=1S/C23H26N6O2/c24-26-21(22-19-6-1-2-7-20(19)27-28-22)15-25-17-10-8-16(9-11-17)23(31)29-13-4-3-5-18(29)12-14-30/h1-2,6-11,15,18,30H,3-5,12-14,24H2,(H,27,28)/p+1. The van der Waals surface area contributed by atoms with Crippen LogP contribution in [0.15, 0.2) is 53.6 Å². The zero-order valence-corrected chi connectivity index (χ0v) is 17.3. The fourth-order valence-corrected chi connectivity index (χ4v) is 4.07. The summed E-state index contributed by atoms with van der Waals surface area (Å²) in [7, 11) is 0. The summed E-state index contributed by atoms with van der Waals surface area (Å²) in [4.78, 5) is 18.0. The van der Waals surface area contributed by atoms with Gasteiger partial charge in [-0.1, -0.05) is 18.2 Å². The molecule has 4 rings (SSSR count). The summed E-state index contributed by atoms with van der Waals surface area (Å²) < 4.78 is 0. The number of rotatable bonds is 6. The minimum atomic E-state index is 0.0147. The van der Waals surface area contributed by atoms with E-state index in [0.717, 1.165) is 42.4 Å². The van der Waals surface area contributed by atoms with Crippen molar-refractivity contribution in [2.45, 2.75) is 31.7 Å². The summed E-state index contributed by atoms with van der Waals surface area (Å²) in [5.74, 6) is 5.61. The Morgan fingerprint density at radius 1 is 1.26 bits per heavy atom. The van der Waals surface area contributed by atoms with Crippen LogP contribution in [0.1, 0.15) is 41.7 Å². The van der Waals surface area contributed by atoms with Crippen LogP contribution >= 0.6 is 0 Å². The third-order valence-corrected chi connectivity index (χ3v) is 5.71. The molecule has 8 heteroatoms. The number of aromatic amines is 1. The first-order valence-corrected chi connectivity index (χ1v) is 10.5. The highest BCUT2D eigenvalue weighted by Gasteiger charge is 2.27. The molecule has 0 bridgehead atoms. The first-order valence-electron chi connectivity index (χ1n) is 10.5. The van der Waals surface area contributed by atoms with E-state index < -0.39 is 0 Å². The molecular formula is C23H27N6O2+. The number of likely N-dealkylation sites (tertiary alicyclic amines) is 1. The van der Waals surface area contributed by atoms with E-state index in [0.29, 0.717) is 23.4 Å². The molecule has 0 saturated carbocycles. The molecule has 1 aliphatic heterocycles. The van der Waals surface area contributed by atoms with Gasteiger partial charge in [-0.3, -0.25) is 9.89 Å². The van der Waals surface area contributed by atoms with Crippen LogP contribution in [0.2, 0.25) is 0 Å². The number of hydrogen-bond donors (Lipinski definition) is 4. The van der Waals surface area contributed by atoms with E-state index in [4.69, 9.17) is 5.84 Å². The van der Waals surface area contributed by atoms with Crippen molar-refractivity contribution < 1.29 is 14.9 Å². The molecule has 0 aliphatic carbocycles. The van der Waals surface area contributed by atoms with Crippen LogP contribution in [0.3, 0.4) is 0 Å². The van der Waals surface area contributed by atoms with Crippen molar-refractivity contribution in [3.63, 3.8) is 0 Å². The molecule has 2 aromatic carbocycles. The van der Waals surface area contributed by atoms with Gasteiger partial charge in [-0.25, -0.2) is 4.99 Å². The minimum Gasteiger partial charge on any atom is -0.396 e. The SMILES string of the molecule is NN=C(C=[NH+]c1ccc(C(=O)N2CCCCC2CCO)cc1)c1n[nH]c2ccccc12. The number of H-pyrrole nitrogens is 1. The van der Waals surface area contributed by atoms with Crippen LogP contribution in [0, 0.1) is 0 Å². The number of aliphatic hydroxyl groups is 1. The highest BCUT2D eigenvalue weighted by molar-refractivity contribution is 6.38. The number of aromatic nitrogens is 2. The smallest absolute Gasteiger partial charge is 0.254 e. The quantitative estimate of drug-likeness (QED) is 0.271. The second-order valence-electron chi connectivity index (χ2n) is 7.66. The lowest BCUT2D eigenvalue weighted by molar-refractivity contribution is -0.345. The van der Waals surface area contributed by atoms with E-state index in [9.17, 15) is 9.90 Å². The lowest BCUT2D eigenvalue weighted by Gasteiger charge is -2.35. The molecule has 1 unspecified atom stereocenters. The van der Waals surface area contributed by atoms with Crippen molar-refractivity contribution in [3.05, 3.63) is 59.8 Å². The fraction of sp³-hybridized carbons (Fsp3) is 0.304. The van der Waals surface area contributed by atoms with Gasteiger partial charge in [0.2, 0.25) is 5.69 Å². The largest absolute Gasteiger partial charge is 0.396 e. The van der Waals surface area contributed by atoms with Gasteiger partial charge >= 0.3 is 0 Å². The Bertz CT molecular complexity index is 1100. The number of carbonyl (C=O) groups is 1. The van der Waals surface area contributed by atoms with Crippen molar-refractivity contribution in [2.24, 2.45) is 10.9 Å². The number of amides is 1. The molecule has 0 spiro atoms. The molecule has 2 heterocycles. The second-order valence-corrected chi connectivity index (χ2v) is 7.66. The van der Waals surface area contributed by atoms with Crippen molar-refractivity contribution >= 4 is 34.4 Å². The summed E-state index contributed by atoms with van der Waals surface area (Å²) >= 11 is 0. The van der Waals surface area contributed by atoms with E-state index in [2.05, 4.69) is 20.3 Å². The Morgan fingerprint density at radius 2 is 2.06 bits per heavy atom. The second kappa shape index (κ2) is 9.53. The Labute approximate surface area is 180 Å². The first kappa shape index (κ1) is 20.7. The fourth-order valence-electron chi connectivity index (χ4n) is 4.07. The van der Waals surface area contributed by atoms with E-state index in [-0.39, 0.29) is 18.6 Å². The van der Waals surface area contributed by atoms with Gasteiger partial charge in [0.15, 0.2) is 11.9 Å². The zero-order valence-electron chi connectivity index (χ0n) is 17.3. The summed E-state index contributed by atoms with van der Waals surface area (Å²) in [6.45, 7) is 0.842. The third-order valence-electron chi connectivity index (χ3n) is 5.71. The van der Waals surface area contributed by atoms with Gasteiger partial charge in [0.25, 0.3) is 5.91 Å². The Morgan fingerprint density at radius 3 is 2.84 bits per heavy atom. The van der Waals surface area contributed by atoms with E-state index in [1.165, 1.54) is 0 Å². The molecule has 31 heavy (non-hydrogen) atoms. The molecule has 1 amide bonds. The number of piperidine rings is 1. The van der Waals surface area contributed by atoms with Crippen molar-refractivity contribution in [3.8, 4) is 0 Å². The van der Waals surface area contributed by atoms with Gasteiger partial charge in [0.1, 0.15) is 5.69 Å². The van der Waals surface area contributed by atoms with Crippen LogP contribution in [0.25, 0.3) is 10.9 Å². The summed E-state index contributed by atoms with van der Waals surface area (Å²) in [5, 5.41) is 21.4. The van der Waals surface area contributed by atoms with Gasteiger partial charge in [-0.15, -0.1) is 0 Å². The average Bonchev–Trinajstić information content (AvgIpc) is 3.24. The van der Waals surface area contributed by atoms with Crippen LogP contribution in [0.4, 0.5) is 5.69 Å². The average molecular weight is 420 g/mol. The van der Waals surface area contributed by atoms with Gasteiger partial charge in [0, 0.05) is 42.3 Å². The highest BCUT2D eigenvalue weighted by Crippen LogP contribution is 2.22. The van der Waals surface area contributed by atoms with Crippen molar-refractivity contribution in [2.75, 3.05) is 13.2 Å². The molecule has 1 fully saturated rings. The number of para-hydroxylation sites is 1. The van der Waals surface area contributed by atoms with Crippen molar-refractivity contribution in [1.82, 2.24) is 15.1 Å². The van der Waals surface area contributed by atoms with E-state index in [1.54, 1.807) is 6.21 Å². The predicted octanol–water partition coefficient (Wildman–Crippen LogP) is 1.09. The minimum absolute atomic E-state index is 0.0147. The maximum absolute atomic E-state index is 13.0. The maximum Gasteiger partial charge on any atom is 0.254 e. The summed E-state index contributed by atoms with van der Waals surface area (Å²) in [6.07, 6.45) is 5.38. The number of aliphatic hydroxyl groups excluding tert-OH is 1. The zero-order chi connectivity index (χ0) is 21.6. The Balaban J connectivity index is 1.49. The third kappa shape index (κ3) is 4.49. The van der Waals surface area contributed by atoms with Crippen molar-refractivity contribution in [1.29, 1.82) is 0 Å². The molecule has 0 radical (unpaired) electrons. The molecule has 1 saturated heterocycles. The molecule has 1 aromatic heterocycles. The molecule has 5 N–H and O–H groups in total. The van der Waals surface area contributed by atoms with Gasteiger partial charge in [-0.2, -0.15) is 10.2 Å². The number of nitrogens with zero attached hydrogens (tertiary/aromatic N) is 3. The first-order chi connectivity index (χ1) is 15.2. The molecule has 1 atom stereocenters. The Kier molecular flexibility index (Phi) is 6.37. The van der Waals surface area contributed by atoms with Crippen LogP contribution < -0.4 is 10.8 Å². The topological polar surface area (TPSA) is 122 Å². The number of hydrogen-bond acceptors (Lipinski definition) is 5. The Hall–Kier alpha value is -3.52. The summed E-state index contributed by atoms with van der Waals surface area (Å²) in [5.41, 5.74) is 3.53. The van der Waals surface area contributed by atoms with Crippen LogP contribution in [0.5, 0.6) is 0 Å². The molecule has 8 nitrogen and oxygen atoms in total. The highest BCUT2D eigenvalue weighted by atomic mass is 16.3. The number of hydrazone groups is 1. The number of carbonyl (C=O) groups excluding carboxylic acids is 1. The van der Waals surface area contributed by atoms with E-state index in [1.807, 2.05) is 53.4 Å². The summed E-state index contributed by atoms with van der Waals surface area (Å²) in [6, 6.07) is 15.2. The van der Waals surface area contributed by atoms with E-state index >= 15 is 0 Å². The van der Waals surface area contributed by atoms with Gasteiger partial charge < -0.3 is 15.8 Å². The maximum atomic E-state index is 13.0.